The zero-order valence-corrected chi connectivity index (χ0v) is 15.8. The summed E-state index contributed by atoms with van der Waals surface area (Å²) in [5.74, 6) is 0.0738. The third-order valence-electron chi connectivity index (χ3n) is 8.68. The fourth-order valence-corrected chi connectivity index (χ4v) is 5.96. The highest BCUT2D eigenvalue weighted by Crippen LogP contribution is 2.82. The number of oxime groups is 1. The topological polar surface area (TPSA) is 59.7 Å². The maximum atomic E-state index is 13.0. The summed E-state index contributed by atoms with van der Waals surface area (Å²) >= 11 is 0. The van der Waals surface area contributed by atoms with E-state index in [1.54, 1.807) is 0 Å². The smallest absolute Gasteiger partial charge is 0.274 e. The average molecular weight is 354 g/mol. The molecule has 3 heterocycles. The minimum absolute atomic E-state index is 0.0348. The van der Waals surface area contributed by atoms with Crippen LogP contribution in [0.15, 0.2) is 17.7 Å². The van der Waals surface area contributed by atoms with Gasteiger partial charge in [-0.3, -0.25) is 4.79 Å². The minimum atomic E-state index is 0.0348. The van der Waals surface area contributed by atoms with E-state index in [1.165, 1.54) is 18.6 Å². The predicted molar refractivity (Wildman–Crippen MR) is 95.8 cm³/mol. The molecule has 0 aromatic carbocycles. The maximum absolute atomic E-state index is 13.0. The largest absolute Gasteiger partial charge is 0.389 e. The van der Waals surface area contributed by atoms with Gasteiger partial charge in [-0.2, -0.15) is 0 Å². The lowest BCUT2D eigenvalue weighted by molar-refractivity contribution is 0.0649. The van der Waals surface area contributed by atoms with E-state index >= 15 is 0 Å². The van der Waals surface area contributed by atoms with Crippen LogP contribution in [0.1, 0.15) is 69.4 Å². The molecule has 3 saturated carbocycles. The summed E-state index contributed by atoms with van der Waals surface area (Å²) in [6.07, 6.45) is 9.40. The maximum Gasteiger partial charge on any atom is 0.274 e. The summed E-state index contributed by atoms with van der Waals surface area (Å²) in [6.45, 7) is 8.54. The van der Waals surface area contributed by atoms with Crippen LogP contribution in [-0.4, -0.2) is 44.8 Å². The summed E-state index contributed by atoms with van der Waals surface area (Å²) in [7, 11) is 0. The Morgan fingerprint density at radius 1 is 1.19 bits per heavy atom. The first-order valence-corrected chi connectivity index (χ1v) is 9.90. The number of hydrogen-bond donors (Lipinski definition) is 0. The Labute approximate surface area is 153 Å². The molecule has 2 aliphatic heterocycles. The molecular formula is C20H26N4O2. The fraction of sp³-hybridized carbons (Fsp3) is 0.750. The van der Waals surface area contributed by atoms with Crippen LogP contribution in [0.4, 0.5) is 0 Å². The van der Waals surface area contributed by atoms with E-state index in [4.69, 9.17) is 4.84 Å². The molecular weight excluding hydrogens is 328 g/mol. The zero-order chi connectivity index (χ0) is 17.9. The minimum Gasteiger partial charge on any atom is -0.389 e. The van der Waals surface area contributed by atoms with Gasteiger partial charge in [-0.15, -0.1) is 0 Å². The van der Waals surface area contributed by atoms with Crippen LogP contribution in [0.2, 0.25) is 0 Å². The highest BCUT2D eigenvalue weighted by Gasteiger charge is 2.85. The number of aromatic nitrogens is 2. The van der Waals surface area contributed by atoms with Gasteiger partial charge in [0.25, 0.3) is 5.91 Å². The van der Waals surface area contributed by atoms with Crippen molar-refractivity contribution < 1.29 is 9.63 Å². The van der Waals surface area contributed by atoms with Crippen LogP contribution >= 0.6 is 0 Å². The Hall–Kier alpha value is -1.85. The Kier molecular flexibility index (Phi) is 2.45. The van der Waals surface area contributed by atoms with Crippen molar-refractivity contribution >= 4 is 11.6 Å². The molecule has 0 bridgehead atoms. The Morgan fingerprint density at radius 2 is 1.88 bits per heavy atom. The van der Waals surface area contributed by atoms with E-state index in [9.17, 15) is 4.79 Å². The van der Waals surface area contributed by atoms with E-state index in [0.29, 0.717) is 11.7 Å². The molecule has 1 amide bonds. The molecule has 1 aromatic heterocycles. The molecule has 4 fully saturated rings. The van der Waals surface area contributed by atoms with Gasteiger partial charge in [0, 0.05) is 48.0 Å². The van der Waals surface area contributed by atoms with Gasteiger partial charge in [0.05, 0.1) is 12.0 Å². The molecule has 26 heavy (non-hydrogen) atoms. The lowest BCUT2D eigenvalue weighted by Crippen LogP contribution is -2.39. The van der Waals surface area contributed by atoms with Gasteiger partial charge in [-0.1, -0.05) is 25.9 Å². The van der Waals surface area contributed by atoms with Crippen molar-refractivity contribution in [3.05, 3.63) is 18.2 Å². The molecule has 1 spiro atoms. The van der Waals surface area contributed by atoms with Crippen LogP contribution in [0, 0.1) is 16.2 Å². The summed E-state index contributed by atoms with van der Waals surface area (Å²) in [4.78, 5) is 25.1. The van der Waals surface area contributed by atoms with Crippen molar-refractivity contribution in [3.8, 4) is 0 Å². The average Bonchev–Trinajstić information content (AvgIpc) is 3.52. The van der Waals surface area contributed by atoms with Gasteiger partial charge in [-0.25, -0.2) is 4.98 Å². The number of rotatable bonds is 3. The highest BCUT2D eigenvalue weighted by molar-refractivity contribution is 5.99. The standard InChI is InChI=1S/C20H26N4O2/c1-17-10-24(16(25)14-9-23(12-21-14)13-4-5-13)11-18(17,2)19(17,3)15-8-20(6-7-20)26-22-15/h9,12-13H,4-8,10-11H2,1-3H3/t17-,18+,19+. The van der Waals surface area contributed by atoms with Crippen LogP contribution in [0.25, 0.3) is 0 Å². The molecule has 1 saturated heterocycles. The van der Waals surface area contributed by atoms with Crippen molar-refractivity contribution in [3.63, 3.8) is 0 Å². The van der Waals surface area contributed by atoms with Gasteiger partial charge < -0.3 is 14.3 Å². The summed E-state index contributed by atoms with van der Waals surface area (Å²) in [6, 6.07) is 0.560. The fourth-order valence-electron chi connectivity index (χ4n) is 5.96. The molecule has 3 atom stereocenters. The number of carbonyl (C=O) groups is 1. The second-order valence-corrected chi connectivity index (χ2v) is 9.88. The van der Waals surface area contributed by atoms with Gasteiger partial charge >= 0.3 is 0 Å². The number of piperidine rings is 1. The first-order valence-electron chi connectivity index (χ1n) is 9.90. The monoisotopic (exact) mass is 354 g/mol. The molecule has 6 rings (SSSR count). The van der Waals surface area contributed by atoms with E-state index in [2.05, 4.69) is 35.5 Å². The number of nitrogens with zero attached hydrogens (tertiary/aromatic N) is 4. The summed E-state index contributed by atoms with van der Waals surface area (Å²) < 4.78 is 2.09. The quantitative estimate of drug-likeness (QED) is 0.838. The lowest BCUT2D eigenvalue weighted by atomic mass is 9.85. The van der Waals surface area contributed by atoms with Crippen molar-refractivity contribution in [1.29, 1.82) is 0 Å². The van der Waals surface area contributed by atoms with Crippen LogP contribution in [-0.2, 0) is 4.84 Å². The molecule has 6 heteroatoms. The van der Waals surface area contributed by atoms with Gasteiger partial charge in [0.1, 0.15) is 11.3 Å². The normalized spacial score (nSPS) is 41.8. The summed E-state index contributed by atoms with van der Waals surface area (Å²) in [5, 5.41) is 4.51. The number of carbonyl (C=O) groups excluding carboxylic acids is 1. The van der Waals surface area contributed by atoms with Crippen LogP contribution < -0.4 is 0 Å². The second kappa shape index (κ2) is 4.18. The second-order valence-electron chi connectivity index (χ2n) is 9.88. The first kappa shape index (κ1) is 15.2. The van der Waals surface area contributed by atoms with E-state index in [-0.39, 0.29) is 27.8 Å². The van der Waals surface area contributed by atoms with E-state index < -0.39 is 0 Å². The van der Waals surface area contributed by atoms with Crippen LogP contribution in [0.5, 0.6) is 0 Å². The predicted octanol–water partition coefficient (Wildman–Crippen LogP) is 3.02. The SMILES string of the molecule is C[C@]12CN(C(=O)c3cn(C4CC4)cn3)C[C@@]1(C)[C@]2(C)C1=NOC2(CC2)C1. The van der Waals surface area contributed by atoms with E-state index in [1.807, 2.05) is 17.4 Å². The molecule has 3 aliphatic carbocycles. The molecule has 0 unspecified atom stereocenters. The number of amides is 1. The van der Waals surface area contributed by atoms with Crippen LogP contribution in [0.3, 0.4) is 0 Å². The number of imidazole rings is 1. The molecule has 1 aromatic rings. The molecule has 6 nitrogen and oxygen atoms in total. The van der Waals surface area contributed by atoms with Crippen molar-refractivity contribution in [2.24, 2.45) is 21.4 Å². The number of likely N-dealkylation sites (tertiary alicyclic amines) is 1. The van der Waals surface area contributed by atoms with Crippen molar-refractivity contribution in [2.75, 3.05) is 13.1 Å². The molecule has 0 radical (unpaired) electrons. The van der Waals surface area contributed by atoms with Crippen molar-refractivity contribution in [2.45, 2.75) is 64.5 Å². The molecule has 0 N–H and O–H groups in total. The Bertz CT molecular complexity index is 847. The Morgan fingerprint density at radius 3 is 2.46 bits per heavy atom. The lowest BCUT2D eigenvalue weighted by Gasteiger charge is -2.28. The van der Waals surface area contributed by atoms with Gasteiger partial charge in [-0.05, 0) is 25.7 Å². The number of hydrogen-bond acceptors (Lipinski definition) is 4. The molecule has 138 valence electrons. The zero-order valence-electron chi connectivity index (χ0n) is 15.8. The van der Waals surface area contributed by atoms with Gasteiger partial charge in [0.15, 0.2) is 0 Å². The third kappa shape index (κ3) is 1.58. The number of fused-ring (bicyclic) bond motifs is 1. The van der Waals surface area contributed by atoms with Crippen molar-refractivity contribution in [1.82, 2.24) is 14.5 Å². The first-order chi connectivity index (χ1) is 12.3. The van der Waals surface area contributed by atoms with Gasteiger partial charge in [0.2, 0.25) is 0 Å². The highest BCUT2D eigenvalue weighted by atomic mass is 16.7. The summed E-state index contributed by atoms with van der Waals surface area (Å²) in [5.41, 5.74) is 2.02. The Balaban J connectivity index is 1.23. The molecule has 5 aliphatic rings. The third-order valence-corrected chi connectivity index (χ3v) is 8.68. The van der Waals surface area contributed by atoms with E-state index in [0.717, 1.165) is 32.4 Å².